The van der Waals surface area contributed by atoms with Gasteiger partial charge in [-0.2, -0.15) is 18.3 Å². The topological polar surface area (TPSA) is 103 Å². The molecular formula is C23H18F5N5O2S. The Bertz CT molecular complexity index is 1450. The minimum Gasteiger partial charge on any atom is -0.365 e. The summed E-state index contributed by atoms with van der Waals surface area (Å²) in [7, 11) is 0. The Labute approximate surface area is 204 Å². The maximum Gasteiger partial charge on any atom is 0.435 e. The number of nitrogens with zero attached hydrogens (tertiary/aromatic N) is 3. The summed E-state index contributed by atoms with van der Waals surface area (Å²) in [5.74, 6) is -1.54. The zero-order valence-corrected chi connectivity index (χ0v) is 19.4. The number of fused-ring (bicyclic) bond motifs is 1. The summed E-state index contributed by atoms with van der Waals surface area (Å²) in [6.45, 7) is 1.26. The van der Waals surface area contributed by atoms with Crippen LogP contribution >= 0.6 is 11.3 Å². The number of carbonyl (C=O) groups is 2. The van der Waals surface area contributed by atoms with Crippen LogP contribution in [0.25, 0.3) is 21.3 Å². The number of benzene rings is 1. The van der Waals surface area contributed by atoms with Crippen LogP contribution in [0.4, 0.5) is 27.6 Å². The number of halogens is 5. The molecule has 0 aliphatic carbocycles. The first-order chi connectivity index (χ1) is 17.0. The smallest absolute Gasteiger partial charge is 0.365 e. The van der Waals surface area contributed by atoms with Crippen LogP contribution in [-0.2, 0) is 17.5 Å². The van der Waals surface area contributed by atoms with Crippen molar-refractivity contribution >= 4 is 39.1 Å². The van der Waals surface area contributed by atoms with Crippen LogP contribution in [0.15, 0.2) is 42.5 Å². The molecule has 7 nitrogen and oxygen atoms in total. The first-order valence-electron chi connectivity index (χ1n) is 10.5. The van der Waals surface area contributed by atoms with Crippen molar-refractivity contribution in [2.75, 3.05) is 5.32 Å². The second-order valence-corrected chi connectivity index (χ2v) is 8.80. The number of hydrogen-bond acceptors (Lipinski definition) is 5. The Kier molecular flexibility index (Phi) is 6.76. The third-order valence-electron chi connectivity index (χ3n) is 5.30. The number of anilines is 1. The number of hydrogen-bond donors (Lipinski definition) is 2. The molecule has 36 heavy (non-hydrogen) atoms. The molecule has 4 aromatic rings. The predicted octanol–water partition coefficient (Wildman–Crippen LogP) is 5.55. The highest BCUT2D eigenvalue weighted by Crippen LogP contribution is 2.42. The molecule has 1 aromatic carbocycles. The van der Waals surface area contributed by atoms with Gasteiger partial charge in [0.1, 0.15) is 15.4 Å². The maximum atomic E-state index is 13.5. The van der Waals surface area contributed by atoms with Gasteiger partial charge in [-0.25, -0.2) is 13.8 Å². The summed E-state index contributed by atoms with van der Waals surface area (Å²) in [5, 5.41) is 6.32. The normalized spacial score (nSPS) is 11.9. The number of nitrogens with one attached hydrogen (secondary N) is 1. The van der Waals surface area contributed by atoms with E-state index in [-0.39, 0.29) is 39.4 Å². The Balaban J connectivity index is 1.71. The highest BCUT2D eigenvalue weighted by atomic mass is 32.1. The number of primary amides is 1. The molecule has 13 heteroatoms. The van der Waals surface area contributed by atoms with Crippen molar-refractivity contribution in [3.05, 3.63) is 64.4 Å². The lowest BCUT2D eigenvalue weighted by Crippen LogP contribution is -2.19. The van der Waals surface area contributed by atoms with Crippen LogP contribution in [0.3, 0.4) is 0 Å². The van der Waals surface area contributed by atoms with Gasteiger partial charge in [-0.15, -0.1) is 11.3 Å². The summed E-state index contributed by atoms with van der Waals surface area (Å²) in [5.41, 5.74) is 4.99. The van der Waals surface area contributed by atoms with Crippen molar-refractivity contribution in [2.24, 2.45) is 5.73 Å². The molecular weight excluding hydrogens is 505 g/mol. The average Bonchev–Trinajstić information content (AvgIpc) is 3.38. The summed E-state index contributed by atoms with van der Waals surface area (Å²) in [6, 6.07) is 10.5. The molecule has 0 atom stereocenters. The van der Waals surface area contributed by atoms with E-state index in [1.807, 2.05) is 0 Å². The Morgan fingerprint density at radius 3 is 2.44 bits per heavy atom. The second kappa shape index (κ2) is 9.64. The number of rotatable bonds is 7. The van der Waals surface area contributed by atoms with E-state index in [4.69, 9.17) is 5.73 Å². The number of amides is 2. The molecule has 0 radical (unpaired) electrons. The molecule has 0 aliphatic rings. The largest absolute Gasteiger partial charge is 0.435 e. The van der Waals surface area contributed by atoms with Crippen LogP contribution < -0.4 is 11.1 Å². The summed E-state index contributed by atoms with van der Waals surface area (Å²) in [6.07, 6.45) is -7.78. The van der Waals surface area contributed by atoms with Crippen LogP contribution in [-0.4, -0.2) is 26.6 Å². The number of carbonyl (C=O) groups excluding carboxylic acids is 2. The van der Waals surface area contributed by atoms with Crippen molar-refractivity contribution in [3.8, 4) is 11.1 Å². The number of aromatic nitrogens is 3. The quantitative estimate of drug-likeness (QED) is 0.310. The van der Waals surface area contributed by atoms with Gasteiger partial charge in [-0.3, -0.25) is 14.3 Å². The third-order valence-corrected chi connectivity index (χ3v) is 6.40. The molecule has 0 saturated heterocycles. The summed E-state index contributed by atoms with van der Waals surface area (Å²) >= 11 is 0.761. The van der Waals surface area contributed by atoms with E-state index in [0.717, 1.165) is 22.1 Å². The molecule has 0 bridgehead atoms. The van der Waals surface area contributed by atoms with Crippen molar-refractivity contribution < 1.29 is 31.5 Å². The second-order valence-electron chi connectivity index (χ2n) is 7.80. The van der Waals surface area contributed by atoms with Crippen molar-refractivity contribution in [3.63, 3.8) is 0 Å². The van der Waals surface area contributed by atoms with Crippen molar-refractivity contribution in [1.29, 1.82) is 0 Å². The SMILES string of the molecule is Cc1cc(C(F)(F)F)nn1CCC(=O)Nc1c(C(N)=O)sc2nc(C(F)F)cc(-c3ccccc3)c12. The van der Waals surface area contributed by atoms with E-state index in [9.17, 15) is 31.5 Å². The predicted molar refractivity (Wildman–Crippen MR) is 124 cm³/mol. The molecule has 3 aromatic heterocycles. The lowest BCUT2D eigenvalue weighted by molar-refractivity contribution is -0.141. The molecule has 188 valence electrons. The molecule has 0 aliphatic heterocycles. The van der Waals surface area contributed by atoms with E-state index in [1.54, 1.807) is 30.3 Å². The van der Waals surface area contributed by atoms with E-state index < -0.39 is 35.8 Å². The van der Waals surface area contributed by atoms with Gasteiger partial charge < -0.3 is 11.1 Å². The average molecular weight is 523 g/mol. The van der Waals surface area contributed by atoms with E-state index >= 15 is 0 Å². The monoisotopic (exact) mass is 523 g/mol. The van der Waals surface area contributed by atoms with E-state index in [0.29, 0.717) is 11.1 Å². The zero-order chi connectivity index (χ0) is 26.2. The van der Waals surface area contributed by atoms with Crippen LogP contribution in [0.2, 0.25) is 0 Å². The lowest BCUT2D eigenvalue weighted by Gasteiger charge is -2.11. The van der Waals surface area contributed by atoms with Gasteiger partial charge in [0, 0.05) is 24.0 Å². The van der Waals surface area contributed by atoms with Crippen molar-refractivity contribution in [2.45, 2.75) is 32.5 Å². The fourth-order valence-corrected chi connectivity index (χ4v) is 4.67. The first-order valence-corrected chi connectivity index (χ1v) is 11.3. The molecule has 2 amide bonds. The summed E-state index contributed by atoms with van der Waals surface area (Å²) in [4.78, 5) is 28.9. The molecule has 4 rings (SSSR count). The van der Waals surface area contributed by atoms with Crippen LogP contribution in [0, 0.1) is 6.92 Å². The fourth-order valence-electron chi connectivity index (χ4n) is 3.65. The van der Waals surface area contributed by atoms with Crippen LogP contribution in [0.5, 0.6) is 0 Å². The Morgan fingerprint density at radius 1 is 1.17 bits per heavy atom. The van der Waals surface area contributed by atoms with E-state index in [1.165, 1.54) is 13.0 Å². The van der Waals surface area contributed by atoms with Gasteiger partial charge in [0.15, 0.2) is 5.69 Å². The van der Waals surface area contributed by atoms with Gasteiger partial charge in [-0.1, -0.05) is 30.3 Å². The molecule has 0 unspecified atom stereocenters. The zero-order valence-electron chi connectivity index (χ0n) is 18.6. The Hall–Kier alpha value is -3.87. The third kappa shape index (κ3) is 5.05. The Morgan fingerprint density at radius 2 is 1.86 bits per heavy atom. The number of thiophene rings is 1. The van der Waals surface area contributed by atoms with Gasteiger partial charge >= 0.3 is 6.18 Å². The van der Waals surface area contributed by atoms with Crippen molar-refractivity contribution in [1.82, 2.24) is 14.8 Å². The van der Waals surface area contributed by atoms with Gasteiger partial charge in [0.05, 0.1) is 5.69 Å². The highest BCUT2D eigenvalue weighted by Gasteiger charge is 2.34. The molecule has 0 spiro atoms. The maximum absolute atomic E-state index is 13.5. The summed E-state index contributed by atoms with van der Waals surface area (Å²) < 4.78 is 66.8. The number of alkyl halides is 5. The van der Waals surface area contributed by atoms with Gasteiger partial charge in [0.25, 0.3) is 12.3 Å². The number of nitrogens with two attached hydrogens (primary N) is 1. The molecule has 3 heterocycles. The number of pyridine rings is 1. The minimum absolute atomic E-state index is 0.00726. The van der Waals surface area contributed by atoms with E-state index in [2.05, 4.69) is 15.4 Å². The van der Waals surface area contributed by atoms with Gasteiger partial charge in [-0.05, 0) is 30.2 Å². The molecule has 3 N–H and O–H groups in total. The standard InChI is InChI=1S/C23H18F5N5O2S/c1-11-9-15(23(26,27)28)32-33(11)8-7-16(34)31-18-17-13(12-5-3-2-4-6-12)10-14(20(24)25)30-22(17)36-19(18)21(29)35/h2-6,9-10,20H,7-8H2,1H3,(H2,29,35)(H,31,34). The minimum atomic E-state index is -4.62. The highest BCUT2D eigenvalue weighted by molar-refractivity contribution is 7.21. The molecule has 0 fully saturated rings. The van der Waals surface area contributed by atoms with Crippen LogP contribution in [0.1, 0.15) is 39.6 Å². The number of aryl methyl sites for hydroxylation is 2. The van der Waals surface area contributed by atoms with Gasteiger partial charge in [0.2, 0.25) is 5.91 Å². The fraction of sp³-hybridized carbons (Fsp3) is 0.217. The first kappa shape index (κ1) is 25.2. The lowest BCUT2D eigenvalue weighted by atomic mass is 10.0. The molecule has 0 saturated carbocycles.